The maximum Gasteiger partial charge on any atom is 0.325 e. The Balaban J connectivity index is 1.50. The van der Waals surface area contributed by atoms with Crippen LogP contribution in [0.1, 0.15) is 42.5 Å². The summed E-state index contributed by atoms with van der Waals surface area (Å²) >= 11 is 0. The third-order valence-corrected chi connectivity index (χ3v) is 6.24. The van der Waals surface area contributed by atoms with E-state index < -0.39 is 11.6 Å². The first-order chi connectivity index (χ1) is 14.5. The molecule has 4 rings (SSSR count). The number of fused-ring (bicyclic) bond motifs is 1. The van der Waals surface area contributed by atoms with Crippen molar-refractivity contribution in [2.24, 2.45) is 0 Å². The minimum Gasteiger partial charge on any atom is -0.324 e. The molecule has 2 aromatic rings. The molecule has 2 aromatic carbocycles. The Morgan fingerprint density at radius 2 is 1.70 bits per heavy atom. The molecular formula is C24H27N3O3. The fourth-order valence-electron chi connectivity index (χ4n) is 4.57. The lowest BCUT2D eigenvalue weighted by molar-refractivity contribution is -0.134. The molecule has 30 heavy (non-hydrogen) atoms. The van der Waals surface area contributed by atoms with Crippen molar-refractivity contribution in [2.45, 2.75) is 51.5 Å². The molecule has 6 heteroatoms. The van der Waals surface area contributed by atoms with Crippen LogP contribution in [-0.4, -0.2) is 34.8 Å². The Morgan fingerprint density at radius 1 is 1.03 bits per heavy atom. The van der Waals surface area contributed by atoms with Crippen molar-refractivity contribution in [3.63, 3.8) is 0 Å². The van der Waals surface area contributed by atoms with E-state index in [1.165, 1.54) is 5.56 Å². The minimum absolute atomic E-state index is 0.282. The van der Waals surface area contributed by atoms with E-state index in [1.54, 1.807) is 0 Å². The van der Waals surface area contributed by atoms with E-state index in [0.717, 1.165) is 46.5 Å². The van der Waals surface area contributed by atoms with E-state index in [9.17, 15) is 14.4 Å². The van der Waals surface area contributed by atoms with Crippen LogP contribution >= 0.6 is 0 Å². The molecule has 2 aliphatic rings. The predicted octanol–water partition coefficient (Wildman–Crippen LogP) is 3.23. The van der Waals surface area contributed by atoms with Gasteiger partial charge in [0.2, 0.25) is 5.91 Å². The van der Waals surface area contributed by atoms with Crippen LogP contribution in [0.25, 0.3) is 0 Å². The number of anilines is 1. The number of carbonyl (C=O) groups excluding carboxylic acids is 3. The lowest BCUT2D eigenvalue weighted by Crippen LogP contribution is -2.51. The second-order valence-corrected chi connectivity index (χ2v) is 8.06. The van der Waals surface area contributed by atoms with Crippen LogP contribution in [0.15, 0.2) is 42.5 Å². The van der Waals surface area contributed by atoms with Crippen molar-refractivity contribution < 1.29 is 14.4 Å². The zero-order chi connectivity index (χ0) is 21.3. The van der Waals surface area contributed by atoms with Crippen LogP contribution in [0.3, 0.4) is 0 Å². The maximum absolute atomic E-state index is 13.2. The number of imide groups is 1. The molecule has 1 atom stereocenters. The number of amides is 4. The Bertz CT molecular complexity index is 994. The fraction of sp³-hybridized carbons (Fsp3) is 0.375. The van der Waals surface area contributed by atoms with Crippen molar-refractivity contribution in [1.82, 2.24) is 10.2 Å². The van der Waals surface area contributed by atoms with Gasteiger partial charge in [-0.2, -0.15) is 0 Å². The first-order valence-electron chi connectivity index (χ1n) is 10.6. The molecule has 0 bridgehead atoms. The molecule has 6 nitrogen and oxygen atoms in total. The van der Waals surface area contributed by atoms with Crippen LogP contribution in [0.5, 0.6) is 0 Å². The number of hydrogen-bond donors (Lipinski definition) is 2. The highest BCUT2D eigenvalue weighted by atomic mass is 16.2. The van der Waals surface area contributed by atoms with E-state index >= 15 is 0 Å². The standard InChI is InChI=1S/C24H27N3O3/c1-3-16-10-7-11-17(4-2)21(16)25-20(28)15-27-22(29)24(26-23(27)30)13-12-18-8-5-6-9-19(18)14-24/h5-11H,3-4,12-15H2,1-2H3,(H,25,28)(H,26,30). The smallest absolute Gasteiger partial charge is 0.324 e. The lowest BCUT2D eigenvalue weighted by atomic mass is 9.78. The summed E-state index contributed by atoms with van der Waals surface area (Å²) in [5.74, 6) is -0.668. The summed E-state index contributed by atoms with van der Waals surface area (Å²) in [5.41, 5.74) is 4.22. The van der Waals surface area contributed by atoms with E-state index in [0.29, 0.717) is 12.8 Å². The van der Waals surface area contributed by atoms with E-state index in [1.807, 2.05) is 50.2 Å². The summed E-state index contributed by atoms with van der Waals surface area (Å²) in [7, 11) is 0. The first kappa shape index (κ1) is 20.1. The van der Waals surface area contributed by atoms with Gasteiger partial charge in [0.05, 0.1) is 0 Å². The molecule has 1 saturated heterocycles. The molecule has 1 aliphatic heterocycles. The van der Waals surface area contributed by atoms with Crippen LogP contribution in [0.2, 0.25) is 0 Å². The molecule has 1 fully saturated rings. The molecule has 1 spiro atoms. The average molecular weight is 405 g/mol. The van der Waals surface area contributed by atoms with Crippen molar-refractivity contribution in [1.29, 1.82) is 0 Å². The van der Waals surface area contributed by atoms with Crippen LogP contribution < -0.4 is 10.6 Å². The number of urea groups is 1. The summed E-state index contributed by atoms with van der Waals surface area (Å²) in [6, 6.07) is 13.4. The molecule has 156 valence electrons. The monoisotopic (exact) mass is 405 g/mol. The van der Waals surface area contributed by atoms with Crippen LogP contribution in [-0.2, 0) is 35.3 Å². The number of carbonyl (C=O) groups is 3. The summed E-state index contributed by atoms with van der Waals surface area (Å²) in [6.45, 7) is 3.79. The van der Waals surface area contributed by atoms with Crippen LogP contribution in [0, 0.1) is 0 Å². The molecule has 1 unspecified atom stereocenters. The summed E-state index contributed by atoms with van der Waals surface area (Å²) in [5, 5.41) is 5.82. The van der Waals surface area contributed by atoms with Gasteiger partial charge in [-0.05, 0) is 47.9 Å². The highest BCUT2D eigenvalue weighted by Gasteiger charge is 2.52. The minimum atomic E-state index is -0.943. The number of nitrogens with one attached hydrogen (secondary N) is 2. The largest absolute Gasteiger partial charge is 0.325 e. The molecule has 1 heterocycles. The molecule has 0 radical (unpaired) electrons. The van der Waals surface area contributed by atoms with Gasteiger partial charge in [0, 0.05) is 12.1 Å². The average Bonchev–Trinajstić information content (AvgIpc) is 2.97. The van der Waals surface area contributed by atoms with Crippen LogP contribution in [0.4, 0.5) is 10.5 Å². The highest BCUT2D eigenvalue weighted by Crippen LogP contribution is 2.33. The third-order valence-electron chi connectivity index (χ3n) is 6.24. The second kappa shape index (κ2) is 7.94. The zero-order valence-corrected chi connectivity index (χ0v) is 17.5. The zero-order valence-electron chi connectivity index (χ0n) is 17.5. The van der Waals surface area contributed by atoms with E-state index in [-0.39, 0.29) is 18.4 Å². The normalized spacial score (nSPS) is 20.3. The Labute approximate surface area is 176 Å². The van der Waals surface area contributed by atoms with Gasteiger partial charge in [0.1, 0.15) is 12.1 Å². The summed E-state index contributed by atoms with van der Waals surface area (Å²) in [4.78, 5) is 39.7. The molecule has 0 aromatic heterocycles. The Morgan fingerprint density at radius 3 is 2.37 bits per heavy atom. The molecule has 0 saturated carbocycles. The number of benzene rings is 2. The van der Waals surface area contributed by atoms with Gasteiger partial charge in [0.15, 0.2) is 0 Å². The van der Waals surface area contributed by atoms with Crippen molar-refractivity contribution in [3.05, 3.63) is 64.7 Å². The highest BCUT2D eigenvalue weighted by molar-refractivity contribution is 6.10. The Hall–Kier alpha value is -3.15. The van der Waals surface area contributed by atoms with Gasteiger partial charge in [-0.15, -0.1) is 0 Å². The molecule has 2 N–H and O–H groups in total. The summed E-state index contributed by atoms with van der Waals surface area (Å²) < 4.78 is 0. The number of nitrogens with zero attached hydrogens (tertiary/aromatic N) is 1. The van der Waals surface area contributed by atoms with Gasteiger partial charge in [-0.1, -0.05) is 56.3 Å². The first-order valence-corrected chi connectivity index (χ1v) is 10.6. The van der Waals surface area contributed by atoms with Crippen molar-refractivity contribution in [2.75, 3.05) is 11.9 Å². The molecular weight excluding hydrogens is 378 g/mol. The number of hydrogen-bond acceptors (Lipinski definition) is 3. The lowest BCUT2D eigenvalue weighted by Gasteiger charge is -2.32. The summed E-state index contributed by atoms with van der Waals surface area (Å²) in [6.07, 6.45) is 3.31. The van der Waals surface area contributed by atoms with Gasteiger partial charge < -0.3 is 10.6 Å². The third kappa shape index (κ3) is 3.47. The van der Waals surface area contributed by atoms with E-state index in [4.69, 9.17) is 0 Å². The predicted molar refractivity (Wildman–Crippen MR) is 115 cm³/mol. The van der Waals surface area contributed by atoms with Gasteiger partial charge in [-0.3, -0.25) is 14.5 Å². The molecule has 4 amide bonds. The quantitative estimate of drug-likeness (QED) is 0.750. The molecule has 1 aliphatic carbocycles. The number of aryl methyl sites for hydroxylation is 3. The topological polar surface area (TPSA) is 78.5 Å². The van der Waals surface area contributed by atoms with Gasteiger partial charge in [-0.25, -0.2) is 4.79 Å². The fourth-order valence-corrected chi connectivity index (χ4v) is 4.57. The van der Waals surface area contributed by atoms with Crippen molar-refractivity contribution in [3.8, 4) is 0 Å². The Kier molecular flexibility index (Phi) is 5.33. The van der Waals surface area contributed by atoms with Crippen molar-refractivity contribution >= 4 is 23.5 Å². The maximum atomic E-state index is 13.2. The number of para-hydroxylation sites is 1. The van der Waals surface area contributed by atoms with Gasteiger partial charge in [0.25, 0.3) is 5.91 Å². The SMILES string of the molecule is CCc1cccc(CC)c1NC(=O)CN1C(=O)NC2(CCc3ccccc3C2)C1=O. The van der Waals surface area contributed by atoms with E-state index in [2.05, 4.69) is 16.7 Å². The number of rotatable bonds is 5. The van der Waals surface area contributed by atoms with Gasteiger partial charge >= 0.3 is 6.03 Å². The second-order valence-electron chi connectivity index (χ2n) is 8.06.